The standard InChI is InChI=1S/C8H10.C4H10O.C3H8.C2H6/c1-2-8-6-4-3-5-7-8;1-3-4-5-2;1-3-2;1-2/h3-7H,2H2,1H3;3-4H2,1-2H3;3H2,1-2H3;1-2H3. The summed E-state index contributed by atoms with van der Waals surface area (Å²) in [5.41, 5.74) is 1.41. The highest BCUT2D eigenvalue weighted by Crippen LogP contribution is 1.96. The second kappa shape index (κ2) is 25.1. The van der Waals surface area contributed by atoms with E-state index in [2.05, 4.69) is 52.0 Å². The van der Waals surface area contributed by atoms with Crippen LogP contribution in [0.25, 0.3) is 0 Å². The minimum absolute atomic E-state index is 0.889. The lowest BCUT2D eigenvalue weighted by molar-refractivity contribution is 0.199. The molecule has 0 amide bonds. The number of rotatable bonds is 3. The second-order valence-corrected chi connectivity index (χ2v) is 3.54. The average Bonchev–Trinajstić information content (AvgIpc) is 2.44. The third kappa shape index (κ3) is 24.4. The van der Waals surface area contributed by atoms with Gasteiger partial charge in [0, 0.05) is 13.7 Å². The van der Waals surface area contributed by atoms with E-state index in [0.29, 0.717) is 0 Å². The molecule has 0 N–H and O–H groups in total. The molecule has 0 radical (unpaired) electrons. The van der Waals surface area contributed by atoms with Crippen LogP contribution in [0.4, 0.5) is 0 Å². The first kappa shape index (κ1) is 22.4. The maximum Gasteiger partial charge on any atom is 0.0459 e. The molecule has 0 unspecified atom stereocenters. The molecule has 0 fully saturated rings. The maximum atomic E-state index is 4.69. The minimum Gasteiger partial charge on any atom is -0.385 e. The van der Waals surface area contributed by atoms with Crippen molar-refractivity contribution in [1.82, 2.24) is 0 Å². The summed E-state index contributed by atoms with van der Waals surface area (Å²) in [6.45, 7) is 13.4. The third-order valence-electron chi connectivity index (χ3n) is 1.66. The van der Waals surface area contributed by atoms with Crippen LogP contribution in [0.3, 0.4) is 0 Å². The molecule has 0 aliphatic rings. The van der Waals surface area contributed by atoms with E-state index in [1.807, 2.05) is 19.9 Å². The van der Waals surface area contributed by atoms with E-state index < -0.39 is 0 Å². The largest absolute Gasteiger partial charge is 0.385 e. The minimum atomic E-state index is 0.889. The number of hydrogen-bond donors (Lipinski definition) is 0. The van der Waals surface area contributed by atoms with Gasteiger partial charge in [-0.15, -0.1) is 0 Å². The molecule has 0 spiro atoms. The highest BCUT2D eigenvalue weighted by Gasteiger charge is 1.79. The van der Waals surface area contributed by atoms with Crippen LogP contribution in [-0.2, 0) is 11.2 Å². The number of hydrogen-bond acceptors (Lipinski definition) is 1. The fourth-order valence-electron chi connectivity index (χ4n) is 0.918. The van der Waals surface area contributed by atoms with Crippen LogP contribution in [0.2, 0.25) is 0 Å². The van der Waals surface area contributed by atoms with Crippen LogP contribution in [0, 0.1) is 0 Å². The van der Waals surface area contributed by atoms with Crippen molar-refractivity contribution in [3.8, 4) is 0 Å². The lowest BCUT2D eigenvalue weighted by Gasteiger charge is -1.89. The van der Waals surface area contributed by atoms with E-state index in [4.69, 9.17) is 4.74 Å². The zero-order chi connectivity index (χ0) is 14.6. The molecule has 1 rings (SSSR count). The second-order valence-electron chi connectivity index (χ2n) is 3.54. The Hall–Kier alpha value is -0.820. The predicted molar refractivity (Wildman–Crippen MR) is 85.3 cm³/mol. The lowest BCUT2D eigenvalue weighted by Crippen LogP contribution is -1.80. The van der Waals surface area contributed by atoms with Crippen LogP contribution in [0.1, 0.15) is 59.9 Å². The van der Waals surface area contributed by atoms with Crippen LogP contribution >= 0.6 is 0 Å². The summed E-state index contributed by atoms with van der Waals surface area (Å²) < 4.78 is 4.69. The normalized spacial score (nSPS) is 7.72. The van der Waals surface area contributed by atoms with Crippen molar-refractivity contribution in [2.45, 2.75) is 60.8 Å². The van der Waals surface area contributed by atoms with E-state index in [9.17, 15) is 0 Å². The zero-order valence-corrected chi connectivity index (χ0v) is 13.6. The summed E-state index contributed by atoms with van der Waals surface area (Å²) in [6.07, 6.45) is 3.51. The topological polar surface area (TPSA) is 9.23 Å². The Labute approximate surface area is 116 Å². The molecule has 0 aromatic heterocycles. The van der Waals surface area contributed by atoms with E-state index in [0.717, 1.165) is 19.4 Å². The van der Waals surface area contributed by atoms with Gasteiger partial charge in [0.15, 0.2) is 0 Å². The van der Waals surface area contributed by atoms with Crippen molar-refractivity contribution in [3.05, 3.63) is 35.9 Å². The Morgan fingerprint density at radius 3 is 1.50 bits per heavy atom. The smallest absolute Gasteiger partial charge is 0.0459 e. The van der Waals surface area contributed by atoms with Crippen LogP contribution in [-0.4, -0.2) is 13.7 Å². The van der Waals surface area contributed by atoms with Gasteiger partial charge in [-0.25, -0.2) is 0 Å². The molecule has 108 valence electrons. The van der Waals surface area contributed by atoms with Crippen LogP contribution < -0.4 is 0 Å². The molecule has 0 saturated heterocycles. The molecule has 0 bridgehead atoms. The lowest BCUT2D eigenvalue weighted by atomic mass is 10.2. The number of ether oxygens (including phenoxy) is 1. The zero-order valence-electron chi connectivity index (χ0n) is 13.6. The van der Waals surface area contributed by atoms with Gasteiger partial charge in [-0.1, -0.05) is 78.3 Å². The molecular formula is C17H34O. The Morgan fingerprint density at radius 2 is 1.33 bits per heavy atom. The quantitative estimate of drug-likeness (QED) is 0.669. The fourth-order valence-corrected chi connectivity index (χ4v) is 0.918. The maximum absolute atomic E-state index is 4.69. The van der Waals surface area contributed by atoms with Crippen LogP contribution in [0.15, 0.2) is 30.3 Å². The average molecular weight is 254 g/mol. The molecule has 1 nitrogen and oxygen atoms in total. The molecule has 1 aromatic carbocycles. The van der Waals surface area contributed by atoms with Crippen molar-refractivity contribution in [3.63, 3.8) is 0 Å². The summed E-state index contributed by atoms with van der Waals surface area (Å²) in [7, 11) is 1.71. The summed E-state index contributed by atoms with van der Waals surface area (Å²) in [5, 5.41) is 0. The van der Waals surface area contributed by atoms with E-state index in [-0.39, 0.29) is 0 Å². The Kier molecular flexibility index (Phi) is 31.2. The van der Waals surface area contributed by atoms with Crippen molar-refractivity contribution in [1.29, 1.82) is 0 Å². The van der Waals surface area contributed by atoms with Gasteiger partial charge in [-0.05, 0) is 18.4 Å². The first-order chi connectivity index (χ1) is 8.76. The third-order valence-corrected chi connectivity index (χ3v) is 1.66. The fraction of sp³-hybridized carbons (Fsp3) is 0.647. The summed E-state index contributed by atoms with van der Waals surface area (Å²) in [4.78, 5) is 0. The molecule has 1 heteroatoms. The van der Waals surface area contributed by atoms with Crippen molar-refractivity contribution >= 4 is 0 Å². The highest BCUT2D eigenvalue weighted by molar-refractivity contribution is 5.13. The van der Waals surface area contributed by atoms with Gasteiger partial charge in [-0.3, -0.25) is 0 Å². The number of methoxy groups -OCH3 is 1. The van der Waals surface area contributed by atoms with E-state index in [1.165, 1.54) is 12.0 Å². The van der Waals surface area contributed by atoms with Gasteiger partial charge in [0.05, 0.1) is 0 Å². The SMILES string of the molecule is CC.CCC.CCCOC.CCc1ccccc1. The summed E-state index contributed by atoms with van der Waals surface area (Å²) in [6, 6.07) is 10.5. The van der Waals surface area contributed by atoms with Gasteiger partial charge in [0.2, 0.25) is 0 Å². The highest BCUT2D eigenvalue weighted by atomic mass is 16.5. The molecule has 0 saturated carbocycles. The van der Waals surface area contributed by atoms with Crippen molar-refractivity contribution < 1.29 is 4.74 Å². The molecular weight excluding hydrogens is 220 g/mol. The van der Waals surface area contributed by atoms with Gasteiger partial charge in [0.1, 0.15) is 0 Å². The monoisotopic (exact) mass is 254 g/mol. The first-order valence-electron chi connectivity index (χ1n) is 7.29. The van der Waals surface area contributed by atoms with Crippen molar-refractivity contribution in [2.24, 2.45) is 0 Å². The number of aryl methyl sites for hydroxylation is 1. The molecule has 18 heavy (non-hydrogen) atoms. The molecule has 1 aromatic rings. The molecule has 0 aliphatic heterocycles. The summed E-state index contributed by atoms with van der Waals surface area (Å²) in [5.74, 6) is 0. The molecule has 0 heterocycles. The Balaban J connectivity index is -0.000000196. The molecule has 0 atom stereocenters. The van der Waals surface area contributed by atoms with Crippen LogP contribution in [0.5, 0.6) is 0 Å². The van der Waals surface area contributed by atoms with Gasteiger partial charge < -0.3 is 4.74 Å². The number of benzene rings is 1. The molecule has 0 aliphatic carbocycles. The van der Waals surface area contributed by atoms with Gasteiger partial charge >= 0.3 is 0 Å². The van der Waals surface area contributed by atoms with Gasteiger partial charge in [0.25, 0.3) is 0 Å². The van der Waals surface area contributed by atoms with E-state index in [1.54, 1.807) is 7.11 Å². The van der Waals surface area contributed by atoms with Crippen molar-refractivity contribution in [2.75, 3.05) is 13.7 Å². The Morgan fingerprint density at radius 1 is 0.889 bits per heavy atom. The van der Waals surface area contributed by atoms with E-state index >= 15 is 0 Å². The Bertz CT molecular complexity index is 192. The summed E-state index contributed by atoms with van der Waals surface area (Å²) >= 11 is 0. The first-order valence-corrected chi connectivity index (χ1v) is 7.29. The van der Waals surface area contributed by atoms with Gasteiger partial charge in [-0.2, -0.15) is 0 Å². The predicted octanol–water partition coefficient (Wildman–Crippen LogP) is 5.73.